The maximum Gasteiger partial charge on any atom is 0.0850 e. The van der Waals surface area contributed by atoms with Crippen LogP contribution in [0.1, 0.15) is 45.5 Å². The Morgan fingerprint density at radius 3 is 2.55 bits per heavy atom. The van der Waals surface area contributed by atoms with Crippen LogP contribution in [-0.4, -0.2) is 35.6 Å². The van der Waals surface area contributed by atoms with Crippen LogP contribution in [0.5, 0.6) is 0 Å². The number of aromatic nitrogens is 2. The molecule has 1 heterocycles. The highest BCUT2D eigenvalue weighted by molar-refractivity contribution is 6.31. The Hall–Kier alpha value is -0.580. The summed E-state index contributed by atoms with van der Waals surface area (Å²) < 4.78 is 7.51. The van der Waals surface area contributed by atoms with Gasteiger partial charge in [0.05, 0.1) is 22.5 Å². The lowest BCUT2D eigenvalue weighted by atomic mass is 10.1. The van der Waals surface area contributed by atoms with Gasteiger partial charge in [0, 0.05) is 26.1 Å². The van der Waals surface area contributed by atoms with Crippen molar-refractivity contribution in [3.8, 4) is 0 Å². The third kappa shape index (κ3) is 4.21. The molecule has 5 heteroatoms. The fraction of sp³-hybridized carbons (Fsp3) is 0.800. The van der Waals surface area contributed by atoms with Crippen LogP contribution in [0.25, 0.3) is 0 Å². The van der Waals surface area contributed by atoms with Gasteiger partial charge in [-0.2, -0.15) is 5.10 Å². The largest absolute Gasteiger partial charge is 0.380 e. The van der Waals surface area contributed by atoms with Crippen molar-refractivity contribution >= 4 is 11.6 Å². The minimum absolute atomic E-state index is 0.142. The fourth-order valence-electron chi connectivity index (χ4n) is 2.32. The lowest BCUT2D eigenvalue weighted by molar-refractivity contribution is 0.0824. The molecule has 1 aromatic rings. The average Bonchev–Trinajstić information content (AvgIpc) is 2.78. The summed E-state index contributed by atoms with van der Waals surface area (Å²) in [5, 5.41) is 8.95. The van der Waals surface area contributed by atoms with Crippen molar-refractivity contribution in [1.82, 2.24) is 15.1 Å². The van der Waals surface area contributed by atoms with Gasteiger partial charge in [0.25, 0.3) is 0 Å². The minimum Gasteiger partial charge on any atom is -0.380 e. The van der Waals surface area contributed by atoms with Gasteiger partial charge in [-0.05, 0) is 33.2 Å². The lowest BCUT2D eigenvalue weighted by Crippen LogP contribution is -2.42. The van der Waals surface area contributed by atoms with Gasteiger partial charge in [0.2, 0.25) is 0 Å². The second kappa shape index (κ2) is 8.65. The summed E-state index contributed by atoms with van der Waals surface area (Å²) >= 11 is 6.48. The molecule has 0 saturated heterocycles. The normalized spacial score (nSPS) is 14.5. The molecule has 116 valence electrons. The number of hydrogen-bond donors (Lipinski definition) is 1. The maximum absolute atomic E-state index is 6.48. The molecule has 0 aliphatic carbocycles. The van der Waals surface area contributed by atoms with Crippen molar-refractivity contribution < 1.29 is 4.74 Å². The van der Waals surface area contributed by atoms with Crippen molar-refractivity contribution in [2.45, 2.75) is 65.6 Å². The first-order chi connectivity index (χ1) is 9.58. The first kappa shape index (κ1) is 17.5. The SMILES string of the molecule is CCCNC(Cc1c(Cl)c(CC)nn1CC)C(C)OC. The van der Waals surface area contributed by atoms with E-state index in [-0.39, 0.29) is 12.1 Å². The number of hydrogen-bond acceptors (Lipinski definition) is 3. The summed E-state index contributed by atoms with van der Waals surface area (Å²) in [7, 11) is 1.75. The molecule has 2 unspecified atom stereocenters. The predicted octanol–water partition coefficient (Wildman–Crippen LogP) is 3.06. The molecule has 1 rings (SSSR count). The van der Waals surface area contributed by atoms with E-state index >= 15 is 0 Å². The van der Waals surface area contributed by atoms with E-state index in [9.17, 15) is 0 Å². The summed E-state index contributed by atoms with van der Waals surface area (Å²) in [6, 6.07) is 0.254. The summed E-state index contributed by atoms with van der Waals surface area (Å²) in [5.41, 5.74) is 2.10. The number of halogens is 1. The van der Waals surface area contributed by atoms with E-state index in [2.05, 4.69) is 38.1 Å². The Morgan fingerprint density at radius 1 is 1.35 bits per heavy atom. The zero-order valence-corrected chi connectivity index (χ0v) is 14.1. The van der Waals surface area contributed by atoms with E-state index in [0.717, 1.165) is 48.8 Å². The number of rotatable bonds is 9. The smallest absolute Gasteiger partial charge is 0.0850 e. The summed E-state index contributed by atoms with van der Waals surface area (Å²) in [4.78, 5) is 0. The molecule has 20 heavy (non-hydrogen) atoms. The zero-order valence-electron chi connectivity index (χ0n) is 13.4. The van der Waals surface area contributed by atoms with Gasteiger partial charge in [-0.25, -0.2) is 0 Å². The zero-order chi connectivity index (χ0) is 15.1. The highest BCUT2D eigenvalue weighted by Crippen LogP contribution is 2.23. The van der Waals surface area contributed by atoms with E-state index in [4.69, 9.17) is 16.3 Å². The Kier molecular flexibility index (Phi) is 7.56. The Balaban J connectivity index is 2.94. The van der Waals surface area contributed by atoms with Crippen LogP contribution < -0.4 is 5.32 Å². The van der Waals surface area contributed by atoms with Gasteiger partial charge in [0.1, 0.15) is 0 Å². The molecule has 1 aromatic heterocycles. The van der Waals surface area contributed by atoms with Gasteiger partial charge >= 0.3 is 0 Å². The summed E-state index contributed by atoms with van der Waals surface area (Å²) in [6.07, 6.45) is 2.96. The van der Waals surface area contributed by atoms with Crippen LogP contribution in [0.2, 0.25) is 5.02 Å². The highest BCUT2D eigenvalue weighted by Gasteiger charge is 2.22. The van der Waals surface area contributed by atoms with Gasteiger partial charge in [-0.15, -0.1) is 0 Å². The fourth-order valence-corrected chi connectivity index (χ4v) is 2.66. The molecule has 4 nitrogen and oxygen atoms in total. The third-order valence-electron chi connectivity index (χ3n) is 3.70. The van der Waals surface area contributed by atoms with Crippen molar-refractivity contribution in [3.05, 3.63) is 16.4 Å². The standard InChI is InChI=1S/C15H28ClN3O/c1-6-9-17-13(11(4)20-5)10-14-15(16)12(7-2)18-19(14)8-3/h11,13,17H,6-10H2,1-5H3. The predicted molar refractivity (Wildman–Crippen MR) is 84.5 cm³/mol. The first-order valence-electron chi connectivity index (χ1n) is 7.59. The lowest BCUT2D eigenvalue weighted by Gasteiger charge is -2.24. The number of ether oxygens (including phenoxy) is 1. The van der Waals surface area contributed by atoms with Gasteiger partial charge in [0.15, 0.2) is 0 Å². The number of aryl methyl sites for hydroxylation is 2. The molecule has 2 atom stereocenters. The summed E-state index contributed by atoms with van der Waals surface area (Å²) in [6.45, 7) is 10.3. The minimum atomic E-state index is 0.142. The van der Waals surface area contributed by atoms with Gasteiger partial charge in [-0.1, -0.05) is 25.4 Å². The molecule has 0 bridgehead atoms. The van der Waals surface area contributed by atoms with Gasteiger partial charge < -0.3 is 10.1 Å². The number of nitrogens with zero attached hydrogens (tertiary/aromatic N) is 2. The van der Waals surface area contributed by atoms with Crippen molar-refractivity contribution in [3.63, 3.8) is 0 Å². The first-order valence-corrected chi connectivity index (χ1v) is 7.96. The molecule has 0 spiro atoms. The Labute approximate surface area is 127 Å². The Morgan fingerprint density at radius 2 is 2.05 bits per heavy atom. The second-order valence-corrected chi connectivity index (χ2v) is 5.46. The molecule has 0 amide bonds. The van der Waals surface area contributed by atoms with E-state index < -0.39 is 0 Å². The number of methoxy groups -OCH3 is 1. The molecule has 0 aliphatic heterocycles. The quantitative estimate of drug-likeness (QED) is 0.762. The topological polar surface area (TPSA) is 39.1 Å². The maximum atomic E-state index is 6.48. The van der Waals surface area contributed by atoms with E-state index in [1.807, 2.05) is 4.68 Å². The van der Waals surface area contributed by atoms with Gasteiger partial charge in [-0.3, -0.25) is 4.68 Å². The van der Waals surface area contributed by atoms with Crippen LogP contribution in [0, 0.1) is 0 Å². The molecular weight excluding hydrogens is 274 g/mol. The van der Waals surface area contributed by atoms with Crippen LogP contribution in [0.4, 0.5) is 0 Å². The van der Waals surface area contributed by atoms with Crippen molar-refractivity contribution in [2.24, 2.45) is 0 Å². The van der Waals surface area contributed by atoms with Crippen molar-refractivity contribution in [1.29, 1.82) is 0 Å². The molecule has 1 N–H and O–H groups in total. The molecule has 0 aliphatic rings. The van der Waals surface area contributed by atoms with Crippen LogP contribution >= 0.6 is 11.6 Å². The third-order valence-corrected chi connectivity index (χ3v) is 4.14. The second-order valence-electron chi connectivity index (χ2n) is 5.08. The molecule has 0 saturated carbocycles. The van der Waals surface area contributed by atoms with E-state index in [1.54, 1.807) is 7.11 Å². The average molecular weight is 302 g/mol. The highest BCUT2D eigenvalue weighted by atomic mass is 35.5. The summed E-state index contributed by atoms with van der Waals surface area (Å²) in [5.74, 6) is 0. The molecular formula is C15H28ClN3O. The van der Waals surface area contributed by atoms with Crippen molar-refractivity contribution in [2.75, 3.05) is 13.7 Å². The Bertz CT molecular complexity index is 406. The molecule has 0 radical (unpaired) electrons. The van der Waals surface area contributed by atoms with Crippen LogP contribution in [-0.2, 0) is 24.1 Å². The van der Waals surface area contributed by atoms with Crippen LogP contribution in [0.3, 0.4) is 0 Å². The molecule has 0 aromatic carbocycles. The van der Waals surface area contributed by atoms with E-state index in [0.29, 0.717) is 0 Å². The van der Waals surface area contributed by atoms with Crippen LogP contribution in [0.15, 0.2) is 0 Å². The monoisotopic (exact) mass is 301 g/mol. The number of nitrogens with one attached hydrogen (secondary N) is 1. The molecule has 0 fully saturated rings. The van der Waals surface area contributed by atoms with E-state index in [1.165, 1.54) is 0 Å².